The zero-order valence-corrected chi connectivity index (χ0v) is 12.1. The standard InChI is InChI=1S/C16H22N2O2/c1-18-12-7-8-14(18)15(16(19)20-2)13(9-12)10-3-5-11(17)6-4-10/h3-6,12-15H,7-9,17H2,1-2H3/t12-,13+,14+,15-/m0/s1. The van der Waals surface area contributed by atoms with E-state index >= 15 is 0 Å². The van der Waals surface area contributed by atoms with Crippen LogP contribution in [0.2, 0.25) is 0 Å². The smallest absolute Gasteiger partial charge is 0.310 e. The Morgan fingerprint density at radius 2 is 2.00 bits per heavy atom. The summed E-state index contributed by atoms with van der Waals surface area (Å²) in [7, 11) is 3.63. The lowest BCUT2D eigenvalue weighted by Gasteiger charge is -2.41. The number of nitrogens with two attached hydrogens (primary N) is 1. The van der Waals surface area contributed by atoms with Gasteiger partial charge in [-0.3, -0.25) is 9.69 Å². The highest BCUT2D eigenvalue weighted by Gasteiger charge is 2.49. The highest BCUT2D eigenvalue weighted by atomic mass is 16.5. The van der Waals surface area contributed by atoms with E-state index < -0.39 is 0 Å². The van der Waals surface area contributed by atoms with E-state index in [1.54, 1.807) is 0 Å². The maximum Gasteiger partial charge on any atom is 0.310 e. The molecule has 0 aliphatic carbocycles. The first-order valence-electron chi connectivity index (χ1n) is 7.27. The molecule has 20 heavy (non-hydrogen) atoms. The molecule has 2 bridgehead atoms. The first-order valence-corrected chi connectivity index (χ1v) is 7.27. The summed E-state index contributed by atoms with van der Waals surface area (Å²) in [6.07, 6.45) is 3.29. The highest BCUT2D eigenvalue weighted by Crippen LogP contribution is 2.46. The highest BCUT2D eigenvalue weighted by molar-refractivity contribution is 5.75. The number of hydrogen-bond donors (Lipinski definition) is 1. The molecule has 1 aromatic carbocycles. The second-order valence-corrected chi connectivity index (χ2v) is 6.02. The monoisotopic (exact) mass is 274 g/mol. The van der Waals surface area contributed by atoms with E-state index in [1.165, 1.54) is 19.1 Å². The molecule has 4 heteroatoms. The lowest BCUT2D eigenvalue weighted by atomic mass is 9.76. The summed E-state index contributed by atoms with van der Waals surface area (Å²) < 4.78 is 5.07. The van der Waals surface area contributed by atoms with Crippen LogP contribution in [-0.4, -0.2) is 37.1 Å². The number of fused-ring (bicyclic) bond motifs is 2. The van der Waals surface area contributed by atoms with Gasteiger partial charge in [-0.25, -0.2) is 0 Å². The number of nitrogens with zero attached hydrogens (tertiary/aromatic N) is 1. The van der Waals surface area contributed by atoms with E-state index in [4.69, 9.17) is 10.5 Å². The molecule has 2 fully saturated rings. The second-order valence-electron chi connectivity index (χ2n) is 6.02. The van der Waals surface area contributed by atoms with Gasteiger partial charge in [-0.05, 0) is 44.0 Å². The number of anilines is 1. The van der Waals surface area contributed by atoms with Crippen LogP contribution in [0.3, 0.4) is 0 Å². The molecule has 0 aromatic heterocycles. The van der Waals surface area contributed by atoms with Crippen LogP contribution >= 0.6 is 0 Å². The third-order valence-corrected chi connectivity index (χ3v) is 5.11. The van der Waals surface area contributed by atoms with Gasteiger partial charge in [-0.2, -0.15) is 0 Å². The van der Waals surface area contributed by atoms with Crippen molar-refractivity contribution in [2.24, 2.45) is 5.92 Å². The van der Waals surface area contributed by atoms with Crippen LogP contribution in [0.4, 0.5) is 5.69 Å². The molecule has 1 aromatic rings. The van der Waals surface area contributed by atoms with E-state index in [0.717, 1.165) is 18.5 Å². The van der Waals surface area contributed by atoms with Crippen molar-refractivity contribution >= 4 is 11.7 Å². The molecule has 0 amide bonds. The molecular weight excluding hydrogens is 252 g/mol. The molecule has 0 saturated carbocycles. The van der Waals surface area contributed by atoms with E-state index in [1.807, 2.05) is 12.1 Å². The lowest BCUT2D eigenvalue weighted by Crippen LogP contribution is -2.49. The van der Waals surface area contributed by atoms with Crippen molar-refractivity contribution in [3.05, 3.63) is 29.8 Å². The normalized spacial score (nSPS) is 33.1. The maximum absolute atomic E-state index is 12.3. The minimum Gasteiger partial charge on any atom is -0.469 e. The van der Waals surface area contributed by atoms with Crippen LogP contribution in [0.1, 0.15) is 30.7 Å². The fourth-order valence-electron chi connectivity index (χ4n) is 4.01. The number of piperidine rings is 1. The lowest BCUT2D eigenvalue weighted by molar-refractivity contribution is -0.150. The van der Waals surface area contributed by atoms with Crippen LogP contribution in [0.5, 0.6) is 0 Å². The van der Waals surface area contributed by atoms with Gasteiger partial charge < -0.3 is 10.5 Å². The molecular formula is C16H22N2O2. The average molecular weight is 274 g/mol. The second kappa shape index (κ2) is 5.09. The van der Waals surface area contributed by atoms with Gasteiger partial charge in [0.1, 0.15) is 0 Å². The Morgan fingerprint density at radius 1 is 1.30 bits per heavy atom. The van der Waals surface area contributed by atoms with Gasteiger partial charge in [-0.1, -0.05) is 12.1 Å². The predicted molar refractivity (Wildman–Crippen MR) is 78.3 cm³/mol. The number of rotatable bonds is 2. The van der Waals surface area contributed by atoms with Crippen LogP contribution in [-0.2, 0) is 9.53 Å². The van der Waals surface area contributed by atoms with Gasteiger partial charge in [0.15, 0.2) is 0 Å². The zero-order chi connectivity index (χ0) is 14.3. The molecule has 4 atom stereocenters. The number of methoxy groups -OCH3 is 1. The minimum atomic E-state index is -0.0796. The fraction of sp³-hybridized carbons (Fsp3) is 0.562. The van der Waals surface area contributed by atoms with Crippen molar-refractivity contribution < 1.29 is 9.53 Å². The first-order chi connectivity index (χ1) is 9.61. The Kier molecular flexibility index (Phi) is 3.42. The molecule has 2 aliphatic rings. The minimum absolute atomic E-state index is 0.0626. The Morgan fingerprint density at radius 3 is 2.65 bits per heavy atom. The summed E-state index contributed by atoms with van der Waals surface area (Å²) in [5, 5.41) is 0. The van der Waals surface area contributed by atoms with Crippen molar-refractivity contribution in [3.8, 4) is 0 Å². The number of hydrogen-bond acceptors (Lipinski definition) is 4. The number of esters is 1. The van der Waals surface area contributed by atoms with Crippen LogP contribution in [0.15, 0.2) is 24.3 Å². The molecule has 2 heterocycles. The van der Waals surface area contributed by atoms with Gasteiger partial charge >= 0.3 is 5.97 Å². The average Bonchev–Trinajstić information content (AvgIpc) is 2.70. The topological polar surface area (TPSA) is 55.6 Å². The summed E-state index contributed by atoms with van der Waals surface area (Å²) in [5.74, 6) is 0.105. The molecule has 2 aliphatic heterocycles. The summed E-state index contributed by atoms with van der Waals surface area (Å²) in [5.41, 5.74) is 7.74. The third kappa shape index (κ3) is 2.08. The fourth-order valence-corrected chi connectivity index (χ4v) is 4.01. The Balaban J connectivity index is 1.95. The number of carbonyl (C=O) groups is 1. The number of carbonyl (C=O) groups excluding carboxylic acids is 1. The number of ether oxygens (including phenoxy) is 1. The van der Waals surface area contributed by atoms with Gasteiger partial charge in [-0.15, -0.1) is 0 Å². The van der Waals surface area contributed by atoms with Crippen molar-refractivity contribution in [2.45, 2.75) is 37.3 Å². The van der Waals surface area contributed by atoms with Crippen molar-refractivity contribution in [1.29, 1.82) is 0 Å². The maximum atomic E-state index is 12.3. The summed E-state index contributed by atoms with van der Waals surface area (Å²) >= 11 is 0. The number of nitrogen functional groups attached to an aromatic ring is 1. The molecule has 2 saturated heterocycles. The van der Waals surface area contributed by atoms with E-state index in [2.05, 4.69) is 24.1 Å². The van der Waals surface area contributed by atoms with Crippen LogP contribution in [0.25, 0.3) is 0 Å². The summed E-state index contributed by atoms with van der Waals surface area (Å²) in [4.78, 5) is 14.6. The Bertz CT molecular complexity index is 500. The molecule has 0 spiro atoms. The van der Waals surface area contributed by atoms with E-state index in [-0.39, 0.29) is 17.8 Å². The van der Waals surface area contributed by atoms with Gasteiger partial charge in [0.2, 0.25) is 0 Å². The quantitative estimate of drug-likeness (QED) is 0.662. The van der Waals surface area contributed by atoms with Gasteiger partial charge in [0.05, 0.1) is 13.0 Å². The Labute approximate surface area is 119 Å². The Hall–Kier alpha value is -1.55. The molecule has 2 N–H and O–H groups in total. The molecule has 0 unspecified atom stereocenters. The van der Waals surface area contributed by atoms with Crippen molar-refractivity contribution in [2.75, 3.05) is 19.9 Å². The van der Waals surface area contributed by atoms with Crippen molar-refractivity contribution in [3.63, 3.8) is 0 Å². The van der Waals surface area contributed by atoms with Gasteiger partial charge in [0, 0.05) is 23.7 Å². The predicted octanol–water partition coefficient (Wildman–Crippen LogP) is 2.01. The number of benzene rings is 1. The molecule has 3 rings (SSSR count). The van der Waals surface area contributed by atoms with E-state index in [9.17, 15) is 4.79 Å². The largest absolute Gasteiger partial charge is 0.469 e. The first kappa shape index (κ1) is 13.4. The van der Waals surface area contributed by atoms with Crippen LogP contribution < -0.4 is 5.73 Å². The van der Waals surface area contributed by atoms with E-state index in [0.29, 0.717) is 12.1 Å². The third-order valence-electron chi connectivity index (χ3n) is 5.11. The van der Waals surface area contributed by atoms with Crippen molar-refractivity contribution in [1.82, 2.24) is 4.90 Å². The summed E-state index contributed by atoms with van der Waals surface area (Å²) in [6, 6.07) is 8.85. The summed E-state index contributed by atoms with van der Waals surface area (Å²) in [6.45, 7) is 0. The molecule has 4 nitrogen and oxygen atoms in total. The molecule has 108 valence electrons. The zero-order valence-electron chi connectivity index (χ0n) is 12.1. The van der Waals surface area contributed by atoms with Crippen LogP contribution in [0, 0.1) is 5.92 Å². The molecule has 0 radical (unpaired) electrons. The SMILES string of the molecule is COC(=O)[C@H]1[C@@H](c2ccc(N)cc2)C[C@@H]2CC[C@H]1N2C. The van der Waals surface area contributed by atoms with Gasteiger partial charge in [0.25, 0.3) is 0 Å².